The molecule has 1 aromatic carbocycles. The molecule has 0 atom stereocenters. The van der Waals surface area contributed by atoms with Gasteiger partial charge >= 0.3 is 0 Å². The topological polar surface area (TPSA) is 89.4 Å². The molecule has 108 valence electrons. The number of benzene rings is 1. The lowest BCUT2D eigenvalue weighted by Crippen LogP contribution is -2.42. The summed E-state index contributed by atoms with van der Waals surface area (Å²) < 4.78 is 0. The Morgan fingerprint density at radius 3 is 2.45 bits per heavy atom. The first-order chi connectivity index (χ1) is 9.63. The third-order valence-electron chi connectivity index (χ3n) is 3.85. The zero-order valence-electron chi connectivity index (χ0n) is 11.5. The Balaban J connectivity index is 2.07. The lowest BCUT2D eigenvalue weighted by molar-refractivity contribution is -0.123. The molecule has 0 radical (unpaired) electrons. The highest BCUT2D eigenvalue weighted by atomic mass is 16.2. The van der Waals surface area contributed by atoms with E-state index in [-0.39, 0.29) is 17.7 Å². The van der Waals surface area contributed by atoms with Crippen molar-refractivity contribution in [1.29, 1.82) is 0 Å². The van der Waals surface area contributed by atoms with Gasteiger partial charge < -0.3 is 16.4 Å². The third kappa shape index (κ3) is 3.17. The van der Waals surface area contributed by atoms with Gasteiger partial charge in [0.25, 0.3) is 5.91 Å². The van der Waals surface area contributed by atoms with Crippen molar-refractivity contribution in [2.75, 3.05) is 19.6 Å². The molecule has 1 aliphatic rings. The summed E-state index contributed by atoms with van der Waals surface area (Å²) in [4.78, 5) is 25.5. The number of piperidine rings is 1. The molecule has 5 heteroatoms. The number of carbonyl (C=O) groups excluding carboxylic acids is 2. The monoisotopic (exact) mass is 275 g/mol. The summed E-state index contributed by atoms with van der Waals surface area (Å²) in [6, 6.07) is 7.56. The first-order valence-electron chi connectivity index (χ1n) is 7.00. The van der Waals surface area contributed by atoms with Crippen LogP contribution in [-0.2, 0) is 11.2 Å². The van der Waals surface area contributed by atoms with Gasteiger partial charge in [-0.2, -0.15) is 0 Å². The Kier molecular flexibility index (Phi) is 4.74. The molecule has 2 rings (SSSR count). The molecule has 0 unspecified atom stereocenters. The van der Waals surface area contributed by atoms with E-state index in [0.29, 0.717) is 38.9 Å². The summed E-state index contributed by atoms with van der Waals surface area (Å²) in [6.07, 6.45) is 2.00. The van der Waals surface area contributed by atoms with Gasteiger partial charge in [-0.05, 0) is 37.4 Å². The number of nitrogens with zero attached hydrogens (tertiary/aromatic N) is 1. The van der Waals surface area contributed by atoms with Crippen LogP contribution in [0.1, 0.15) is 28.8 Å². The van der Waals surface area contributed by atoms with Crippen LogP contribution in [0, 0.1) is 5.92 Å². The molecule has 1 heterocycles. The van der Waals surface area contributed by atoms with Gasteiger partial charge in [-0.15, -0.1) is 0 Å². The Morgan fingerprint density at radius 1 is 1.20 bits per heavy atom. The molecule has 2 amide bonds. The van der Waals surface area contributed by atoms with E-state index in [1.54, 1.807) is 4.90 Å². The van der Waals surface area contributed by atoms with Gasteiger partial charge in [-0.25, -0.2) is 0 Å². The van der Waals surface area contributed by atoms with E-state index in [2.05, 4.69) is 0 Å². The molecule has 0 bridgehead atoms. The van der Waals surface area contributed by atoms with Crippen molar-refractivity contribution in [3.8, 4) is 0 Å². The van der Waals surface area contributed by atoms with E-state index in [9.17, 15) is 9.59 Å². The Labute approximate surface area is 118 Å². The summed E-state index contributed by atoms with van der Waals surface area (Å²) in [7, 11) is 0. The zero-order valence-corrected chi connectivity index (χ0v) is 11.5. The second-order valence-corrected chi connectivity index (χ2v) is 5.16. The van der Waals surface area contributed by atoms with Gasteiger partial charge in [0.15, 0.2) is 0 Å². The van der Waals surface area contributed by atoms with Gasteiger partial charge in [-0.1, -0.05) is 18.2 Å². The van der Waals surface area contributed by atoms with Crippen molar-refractivity contribution in [3.63, 3.8) is 0 Å². The molecule has 1 aromatic rings. The molecule has 4 N–H and O–H groups in total. The van der Waals surface area contributed by atoms with E-state index < -0.39 is 0 Å². The molecule has 0 aliphatic carbocycles. The fourth-order valence-corrected chi connectivity index (χ4v) is 2.64. The maximum atomic E-state index is 12.5. The summed E-state index contributed by atoms with van der Waals surface area (Å²) in [5.74, 6) is -0.337. The number of nitrogens with two attached hydrogens (primary N) is 2. The minimum atomic E-state index is -0.263. The van der Waals surface area contributed by atoms with Gasteiger partial charge in [0.05, 0.1) is 0 Å². The van der Waals surface area contributed by atoms with Crippen molar-refractivity contribution in [1.82, 2.24) is 4.90 Å². The Hall–Kier alpha value is -1.88. The van der Waals surface area contributed by atoms with E-state index in [1.807, 2.05) is 24.3 Å². The van der Waals surface area contributed by atoms with Crippen molar-refractivity contribution in [3.05, 3.63) is 35.4 Å². The molecule has 0 aromatic heterocycles. The number of rotatable bonds is 4. The Morgan fingerprint density at radius 2 is 1.85 bits per heavy atom. The van der Waals surface area contributed by atoms with Crippen LogP contribution in [0.4, 0.5) is 0 Å². The highest BCUT2D eigenvalue weighted by Gasteiger charge is 2.27. The van der Waals surface area contributed by atoms with Crippen LogP contribution in [0.25, 0.3) is 0 Å². The molecule has 0 saturated carbocycles. The zero-order chi connectivity index (χ0) is 14.5. The molecule has 1 aliphatic heterocycles. The standard InChI is InChI=1S/C15H21N3O2/c16-8-5-11-3-1-2-4-13(11)15(20)18-9-6-12(7-10-18)14(17)19/h1-4,12H,5-10,16H2,(H2,17,19). The predicted octanol–water partition coefficient (Wildman–Crippen LogP) is 0.525. The fraction of sp³-hybridized carbons (Fsp3) is 0.467. The molecule has 20 heavy (non-hydrogen) atoms. The number of hydrogen-bond donors (Lipinski definition) is 2. The number of amides is 2. The highest BCUT2D eigenvalue weighted by Crippen LogP contribution is 2.20. The van der Waals surface area contributed by atoms with E-state index in [1.165, 1.54) is 0 Å². The average molecular weight is 275 g/mol. The first kappa shape index (κ1) is 14.5. The van der Waals surface area contributed by atoms with Crippen molar-refractivity contribution < 1.29 is 9.59 Å². The van der Waals surface area contributed by atoms with Crippen molar-refractivity contribution in [2.24, 2.45) is 17.4 Å². The van der Waals surface area contributed by atoms with Gasteiger partial charge in [-0.3, -0.25) is 9.59 Å². The van der Waals surface area contributed by atoms with Crippen LogP contribution in [0.3, 0.4) is 0 Å². The molecular formula is C15H21N3O2. The summed E-state index contributed by atoms with van der Waals surface area (Å²) >= 11 is 0. The lowest BCUT2D eigenvalue weighted by atomic mass is 9.95. The van der Waals surface area contributed by atoms with Crippen LogP contribution in [0.2, 0.25) is 0 Å². The predicted molar refractivity (Wildman–Crippen MR) is 77.0 cm³/mol. The number of hydrogen-bond acceptors (Lipinski definition) is 3. The van der Waals surface area contributed by atoms with Crippen LogP contribution in [0.5, 0.6) is 0 Å². The van der Waals surface area contributed by atoms with Crippen LogP contribution in [0.15, 0.2) is 24.3 Å². The quantitative estimate of drug-likeness (QED) is 0.839. The van der Waals surface area contributed by atoms with E-state index in [0.717, 1.165) is 11.1 Å². The highest BCUT2D eigenvalue weighted by molar-refractivity contribution is 5.96. The number of likely N-dealkylation sites (tertiary alicyclic amines) is 1. The summed E-state index contributed by atoms with van der Waals surface area (Å²) in [6.45, 7) is 1.70. The normalized spacial score (nSPS) is 16.1. The minimum absolute atomic E-state index is 0.0250. The maximum absolute atomic E-state index is 12.5. The number of primary amides is 1. The lowest BCUT2D eigenvalue weighted by Gasteiger charge is -2.31. The van der Waals surface area contributed by atoms with Gasteiger partial charge in [0.2, 0.25) is 5.91 Å². The Bertz CT molecular complexity index is 494. The maximum Gasteiger partial charge on any atom is 0.254 e. The molecule has 1 saturated heterocycles. The van der Waals surface area contributed by atoms with Gasteiger partial charge in [0.1, 0.15) is 0 Å². The fourth-order valence-electron chi connectivity index (χ4n) is 2.64. The SMILES string of the molecule is NCCc1ccccc1C(=O)N1CCC(C(N)=O)CC1. The second kappa shape index (κ2) is 6.52. The van der Waals surface area contributed by atoms with Crippen LogP contribution < -0.4 is 11.5 Å². The second-order valence-electron chi connectivity index (χ2n) is 5.16. The first-order valence-corrected chi connectivity index (χ1v) is 7.00. The van der Waals surface area contributed by atoms with Crippen molar-refractivity contribution >= 4 is 11.8 Å². The summed E-state index contributed by atoms with van der Waals surface area (Å²) in [5.41, 5.74) is 12.6. The van der Waals surface area contributed by atoms with E-state index >= 15 is 0 Å². The smallest absolute Gasteiger partial charge is 0.254 e. The molecule has 1 fully saturated rings. The average Bonchev–Trinajstić information content (AvgIpc) is 2.47. The molecule has 5 nitrogen and oxygen atoms in total. The molecule has 0 spiro atoms. The molecular weight excluding hydrogens is 254 g/mol. The largest absolute Gasteiger partial charge is 0.369 e. The van der Waals surface area contributed by atoms with E-state index in [4.69, 9.17) is 11.5 Å². The van der Waals surface area contributed by atoms with Gasteiger partial charge in [0, 0.05) is 24.6 Å². The van der Waals surface area contributed by atoms with Crippen LogP contribution >= 0.6 is 0 Å². The minimum Gasteiger partial charge on any atom is -0.369 e. The number of carbonyl (C=O) groups is 2. The van der Waals surface area contributed by atoms with Crippen LogP contribution in [-0.4, -0.2) is 36.3 Å². The summed E-state index contributed by atoms with van der Waals surface area (Å²) in [5, 5.41) is 0. The van der Waals surface area contributed by atoms with Crippen molar-refractivity contribution in [2.45, 2.75) is 19.3 Å². The third-order valence-corrected chi connectivity index (χ3v) is 3.85.